The zero-order valence-corrected chi connectivity index (χ0v) is 16.3. The van der Waals surface area contributed by atoms with Gasteiger partial charge in [-0.05, 0) is 47.9 Å². The van der Waals surface area contributed by atoms with Crippen molar-refractivity contribution in [2.75, 3.05) is 24.5 Å². The minimum absolute atomic E-state index is 0.0809. The number of hydrogen-bond donors (Lipinski definition) is 2. The van der Waals surface area contributed by atoms with Gasteiger partial charge < -0.3 is 15.5 Å². The highest BCUT2D eigenvalue weighted by molar-refractivity contribution is 5.98. The summed E-state index contributed by atoms with van der Waals surface area (Å²) in [5, 5.41) is 5.51. The molecule has 1 aliphatic heterocycles. The molecule has 1 aliphatic rings. The molecule has 0 saturated carbocycles. The monoisotopic (exact) mass is 397 g/mol. The average Bonchev–Trinajstić information content (AvgIpc) is 3.15. The van der Waals surface area contributed by atoms with Crippen molar-refractivity contribution < 1.29 is 18.8 Å². The highest BCUT2D eigenvalue weighted by Crippen LogP contribution is 2.29. The number of carbonyl (C=O) groups excluding carboxylic acids is 3. The van der Waals surface area contributed by atoms with Crippen LogP contribution in [0, 0.1) is 5.82 Å². The number of benzene rings is 2. The molecule has 0 bridgehead atoms. The van der Waals surface area contributed by atoms with Gasteiger partial charge in [-0.25, -0.2) is 4.39 Å². The second kappa shape index (κ2) is 9.32. The van der Waals surface area contributed by atoms with Crippen LogP contribution in [0.5, 0.6) is 0 Å². The van der Waals surface area contributed by atoms with E-state index in [1.165, 1.54) is 12.1 Å². The number of anilines is 1. The summed E-state index contributed by atoms with van der Waals surface area (Å²) in [5.74, 6) is -0.671. The molecule has 0 radical (unpaired) electrons. The molecular formula is C22H24FN3O3. The summed E-state index contributed by atoms with van der Waals surface area (Å²) in [6.07, 6.45) is 1.35. The summed E-state index contributed by atoms with van der Waals surface area (Å²) >= 11 is 0. The minimum atomic E-state index is -0.340. The summed E-state index contributed by atoms with van der Waals surface area (Å²) in [5.41, 5.74) is 3.13. The van der Waals surface area contributed by atoms with Gasteiger partial charge in [0.2, 0.25) is 11.8 Å². The SMILES string of the molecule is CCC(=O)N1CCc2cc(C(=O)NCCNC(=O)Cc3ccc(F)cc3)ccc21. The largest absolute Gasteiger partial charge is 0.354 e. The molecule has 0 unspecified atom stereocenters. The Hall–Kier alpha value is -3.22. The van der Waals surface area contributed by atoms with E-state index < -0.39 is 0 Å². The van der Waals surface area contributed by atoms with Crippen molar-refractivity contribution in [1.82, 2.24) is 10.6 Å². The molecule has 3 rings (SSSR count). The third-order valence-corrected chi connectivity index (χ3v) is 4.85. The predicted molar refractivity (Wildman–Crippen MR) is 108 cm³/mol. The van der Waals surface area contributed by atoms with Crippen LogP contribution >= 0.6 is 0 Å². The topological polar surface area (TPSA) is 78.5 Å². The van der Waals surface area contributed by atoms with Crippen LogP contribution < -0.4 is 15.5 Å². The molecular weight excluding hydrogens is 373 g/mol. The molecule has 0 spiro atoms. The molecule has 0 aliphatic carbocycles. The number of amides is 3. The van der Waals surface area contributed by atoms with E-state index >= 15 is 0 Å². The molecule has 0 atom stereocenters. The standard InChI is InChI=1S/C22H24FN3O3/c1-2-21(28)26-12-9-16-14-17(5-8-19(16)26)22(29)25-11-10-24-20(27)13-15-3-6-18(23)7-4-15/h3-8,14H,2,9-13H2,1H3,(H,24,27)(H,25,29). The number of carbonyl (C=O) groups is 3. The van der Waals surface area contributed by atoms with E-state index in [1.807, 2.05) is 19.1 Å². The molecule has 29 heavy (non-hydrogen) atoms. The summed E-state index contributed by atoms with van der Waals surface area (Å²) in [7, 11) is 0. The van der Waals surface area contributed by atoms with Gasteiger partial charge in [-0.1, -0.05) is 19.1 Å². The minimum Gasteiger partial charge on any atom is -0.354 e. The number of rotatable bonds is 7. The van der Waals surface area contributed by atoms with Crippen LogP contribution in [0.15, 0.2) is 42.5 Å². The molecule has 2 N–H and O–H groups in total. The van der Waals surface area contributed by atoms with E-state index in [4.69, 9.17) is 0 Å². The van der Waals surface area contributed by atoms with Crippen LogP contribution in [0.1, 0.15) is 34.8 Å². The molecule has 1 heterocycles. The Morgan fingerprint density at radius 3 is 2.48 bits per heavy atom. The van der Waals surface area contributed by atoms with Crippen LogP contribution in [0.2, 0.25) is 0 Å². The van der Waals surface area contributed by atoms with Crippen LogP contribution in [0.25, 0.3) is 0 Å². The van der Waals surface area contributed by atoms with Crippen molar-refractivity contribution in [3.63, 3.8) is 0 Å². The van der Waals surface area contributed by atoms with E-state index in [2.05, 4.69) is 10.6 Å². The summed E-state index contributed by atoms with van der Waals surface area (Å²) in [4.78, 5) is 38.0. The van der Waals surface area contributed by atoms with Gasteiger partial charge in [-0.3, -0.25) is 14.4 Å². The fourth-order valence-electron chi connectivity index (χ4n) is 3.32. The molecule has 2 aromatic rings. The molecule has 3 amide bonds. The molecule has 0 aromatic heterocycles. The third kappa shape index (κ3) is 5.19. The molecule has 0 fully saturated rings. The molecule has 152 valence electrons. The first kappa shape index (κ1) is 20.5. The third-order valence-electron chi connectivity index (χ3n) is 4.85. The van der Waals surface area contributed by atoms with Gasteiger partial charge in [0.25, 0.3) is 5.91 Å². The van der Waals surface area contributed by atoms with Crippen LogP contribution in [-0.4, -0.2) is 37.4 Å². The summed E-state index contributed by atoms with van der Waals surface area (Å²) in [6, 6.07) is 11.1. The normalized spacial score (nSPS) is 12.4. The van der Waals surface area contributed by atoms with E-state index in [0.717, 1.165) is 23.2 Å². The van der Waals surface area contributed by atoms with Gasteiger partial charge in [0.15, 0.2) is 0 Å². The van der Waals surface area contributed by atoms with Gasteiger partial charge in [-0.15, -0.1) is 0 Å². The Balaban J connectivity index is 1.45. The van der Waals surface area contributed by atoms with E-state index in [9.17, 15) is 18.8 Å². The van der Waals surface area contributed by atoms with Crippen LogP contribution in [-0.2, 0) is 22.4 Å². The lowest BCUT2D eigenvalue weighted by Gasteiger charge is -2.16. The maximum absolute atomic E-state index is 12.9. The van der Waals surface area contributed by atoms with E-state index in [0.29, 0.717) is 31.6 Å². The van der Waals surface area contributed by atoms with Gasteiger partial charge >= 0.3 is 0 Å². The van der Waals surface area contributed by atoms with Crippen molar-refractivity contribution in [3.05, 3.63) is 65.0 Å². The zero-order chi connectivity index (χ0) is 20.8. The Kier molecular flexibility index (Phi) is 6.59. The fourth-order valence-corrected chi connectivity index (χ4v) is 3.32. The highest BCUT2D eigenvalue weighted by Gasteiger charge is 2.24. The summed E-state index contributed by atoms with van der Waals surface area (Å²) in [6.45, 7) is 3.08. The lowest BCUT2D eigenvalue weighted by molar-refractivity contribution is -0.120. The predicted octanol–water partition coefficient (Wildman–Crippen LogP) is 2.21. The molecule has 2 aromatic carbocycles. The molecule has 7 heteroatoms. The Morgan fingerprint density at radius 2 is 1.76 bits per heavy atom. The Morgan fingerprint density at radius 1 is 1.03 bits per heavy atom. The van der Waals surface area contributed by atoms with Crippen LogP contribution in [0.3, 0.4) is 0 Å². The first-order valence-corrected chi connectivity index (χ1v) is 9.70. The number of hydrogen-bond acceptors (Lipinski definition) is 3. The number of nitrogens with zero attached hydrogens (tertiary/aromatic N) is 1. The average molecular weight is 397 g/mol. The smallest absolute Gasteiger partial charge is 0.251 e. The highest BCUT2D eigenvalue weighted by atomic mass is 19.1. The second-order valence-electron chi connectivity index (χ2n) is 6.90. The van der Waals surface area contributed by atoms with Gasteiger partial charge in [0.05, 0.1) is 6.42 Å². The lowest BCUT2D eigenvalue weighted by Crippen LogP contribution is -2.35. The van der Waals surface area contributed by atoms with Crippen molar-refractivity contribution >= 4 is 23.4 Å². The maximum atomic E-state index is 12.9. The number of nitrogens with one attached hydrogen (secondary N) is 2. The van der Waals surface area contributed by atoms with E-state index in [-0.39, 0.29) is 30.0 Å². The summed E-state index contributed by atoms with van der Waals surface area (Å²) < 4.78 is 12.9. The number of fused-ring (bicyclic) bond motifs is 1. The van der Waals surface area contributed by atoms with Gasteiger partial charge in [-0.2, -0.15) is 0 Å². The maximum Gasteiger partial charge on any atom is 0.251 e. The van der Waals surface area contributed by atoms with Crippen molar-refractivity contribution in [2.24, 2.45) is 0 Å². The van der Waals surface area contributed by atoms with Crippen molar-refractivity contribution in [2.45, 2.75) is 26.2 Å². The second-order valence-corrected chi connectivity index (χ2v) is 6.90. The first-order chi connectivity index (χ1) is 14.0. The molecule has 0 saturated heterocycles. The van der Waals surface area contributed by atoms with Gasteiger partial charge in [0.1, 0.15) is 5.82 Å². The van der Waals surface area contributed by atoms with Crippen molar-refractivity contribution in [1.29, 1.82) is 0 Å². The van der Waals surface area contributed by atoms with E-state index in [1.54, 1.807) is 23.1 Å². The van der Waals surface area contributed by atoms with Crippen molar-refractivity contribution in [3.8, 4) is 0 Å². The number of halogens is 1. The Labute approximate surface area is 169 Å². The quantitative estimate of drug-likeness (QED) is 0.703. The molecule has 6 nitrogen and oxygen atoms in total. The zero-order valence-electron chi connectivity index (χ0n) is 16.3. The van der Waals surface area contributed by atoms with Crippen LogP contribution in [0.4, 0.5) is 10.1 Å². The lowest BCUT2D eigenvalue weighted by atomic mass is 10.1. The fraction of sp³-hybridized carbons (Fsp3) is 0.318. The first-order valence-electron chi connectivity index (χ1n) is 9.70. The Bertz CT molecular complexity index is 912. The van der Waals surface area contributed by atoms with Gasteiger partial charge in [0, 0.05) is 37.3 Å².